The lowest BCUT2D eigenvalue weighted by molar-refractivity contribution is -0.134. The van der Waals surface area contributed by atoms with E-state index in [-0.39, 0.29) is 23.9 Å². The van der Waals surface area contributed by atoms with E-state index in [0.717, 1.165) is 4.47 Å². The van der Waals surface area contributed by atoms with Crippen molar-refractivity contribution in [3.8, 4) is 17.2 Å². The molecule has 6 heteroatoms. The zero-order valence-electron chi connectivity index (χ0n) is 13.7. The molecule has 1 aliphatic heterocycles. The molecule has 25 heavy (non-hydrogen) atoms. The number of benzene rings is 2. The van der Waals surface area contributed by atoms with E-state index < -0.39 is 0 Å². The number of hydrogen-bond acceptors (Lipinski definition) is 5. The van der Waals surface area contributed by atoms with Crippen molar-refractivity contribution in [2.45, 2.75) is 13.3 Å². The van der Waals surface area contributed by atoms with Gasteiger partial charge in [-0.1, -0.05) is 22.9 Å². The Morgan fingerprint density at radius 3 is 2.76 bits per heavy atom. The van der Waals surface area contributed by atoms with E-state index in [1.807, 2.05) is 12.1 Å². The van der Waals surface area contributed by atoms with Crippen LogP contribution in [0.1, 0.15) is 29.3 Å². The molecule has 0 aliphatic carbocycles. The molecule has 2 aromatic carbocycles. The van der Waals surface area contributed by atoms with Crippen molar-refractivity contribution in [2.24, 2.45) is 0 Å². The Balaban J connectivity index is 1.92. The summed E-state index contributed by atoms with van der Waals surface area (Å²) >= 11 is 3.40. The molecule has 0 saturated carbocycles. The summed E-state index contributed by atoms with van der Waals surface area (Å²) in [7, 11) is 1.56. The number of carbonyl (C=O) groups is 2. The number of ketones is 1. The molecular formula is C19H15BrO5. The maximum atomic E-state index is 12.5. The Bertz CT molecular complexity index is 885. The molecule has 5 nitrogen and oxygen atoms in total. The van der Waals surface area contributed by atoms with Gasteiger partial charge < -0.3 is 14.2 Å². The Labute approximate surface area is 153 Å². The van der Waals surface area contributed by atoms with Gasteiger partial charge >= 0.3 is 5.97 Å². The average molecular weight is 403 g/mol. The fourth-order valence-corrected chi connectivity index (χ4v) is 2.77. The molecule has 3 rings (SSSR count). The third kappa shape index (κ3) is 3.58. The monoisotopic (exact) mass is 402 g/mol. The molecule has 0 saturated heterocycles. The molecule has 0 atom stereocenters. The van der Waals surface area contributed by atoms with Crippen LogP contribution in [0.2, 0.25) is 0 Å². The van der Waals surface area contributed by atoms with Crippen LogP contribution in [0, 0.1) is 0 Å². The van der Waals surface area contributed by atoms with Gasteiger partial charge in [0.05, 0.1) is 12.7 Å². The lowest BCUT2D eigenvalue weighted by atomic mass is 10.1. The summed E-state index contributed by atoms with van der Waals surface area (Å²) in [5.41, 5.74) is 1.14. The summed E-state index contributed by atoms with van der Waals surface area (Å²) in [6, 6.07) is 10.2. The summed E-state index contributed by atoms with van der Waals surface area (Å²) in [5, 5.41) is 0. The van der Waals surface area contributed by atoms with Gasteiger partial charge in [0.25, 0.3) is 0 Å². The molecule has 2 aromatic rings. The topological polar surface area (TPSA) is 61.8 Å². The largest absolute Gasteiger partial charge is 0.496 e. The molecule has 128 valence electrons. The van der Waals surface area contributed by atoms with Gasteiger partial charge in [0.15, 0.2) is 5.76 Å². The molecule has 0 unspecified atom stereocenters. The van der Waals surface area contributed by atoms with Gasteiger partial charge in [-0.25, -0.2) is 0 Å². The van der Waals surface area contributed by atoms with Crippen LogP contribution in [0.25, 0.3) is 6.08 Å². The van der Waals surface area contributed by atoms with E-state index in [9.17, 15) is 9.59 Å². The molecule has 0 amide bonds. The lowest BCUT2D eigenvalue weighted by Crippen LogP contribution is -2.05. The molecule has 0 spiro atoms. The number of methoxy groups -OCH3 is 1. The van der Waals surface area contributed by atoms with Crippen molar-refractivity contribution in [3.63, 3.8) is 0 Å². The highest BCUT2D eigenvalue weighted by molar-refractivity contribution is 9.10. The van der Waals surface area contributed by atoms with Crippen LogP contribution in [0.4, 0.5) is 0 Å². The Kier molecular flexibility index (Phi) is 4.90. The minimum absolute atomic E-state index is 0.186. The van der Waals surface area contributed by atoms with Crippen molar-refractivity contribution in [1.82, 2.24) is 0 Å². The molecular weight excluding hydrogens is 388 g/mol. The minimum Gasteiger partial charge on any atom is -0.496 e. The number of ether oxygens (including phenoxy) is 3. The Morgan fingerprint density at radius 2 is 2.04 bits per heavy atom. The van der Waals surface area contributed by atoms with Crippen molar-refractivity contribution in [3.05, 3.63) is 57.8 Å². The van der Waals surface area contributed by atoms with Crippen LogP contribution in [0.15, 0.2) is 46.6 Å². The summed E-state index contributed by atoms with van der Waals surface area (Å²) in [4.78, 5) is 23.9. The van der Waals surface area contributed by atoms with Gasteiger partial charge in [-0.3, -0.25) is 9.59 Å². The highest BCUT2D eigenvalue weighted by Gasteiger charge is 2.28. The van der Waals surface area contributed by atoms with Gasteiger partial charge in [0.2, 0.25) is 5.78 Å². The van der Waals surface area contributed by atoms with Crippen molar-refractivity contribution in [1.29, 1.82) is 0 Å². The summed E-state index contributed by atoms with van der Waals surface area (Å²) in [5.74, 6) is 0.946. The van der Waals surface area contributed by atoms with Crippen LogP contribution in [0.5, 0.6) is 17.2 Å². The SMILES string of the molecule is CCC(=O)Oc1ccc2c(c1)O/C(=C/c1cc(Br)ccc1OC)C2=O. The first-order valence-corrected chi connectivity index (χ1v) is 8.43. The normalized spacial score (nSPS) is 14.2. The fourth-order valence-electron chi connectivity index (χ4n) is 2.39. The van der Waals surface area contributed by atoms with Crippen LogP contribution in [0.3, 0.4) is 0 Å². The van der Waals surface area contributed by atoms with Gasteiger partial charge in [-0.2, -0.15) is 0 Å². The number of carbonyl (C=O) groups excluding carboxylic acids is 2. The number of allylic oxidation sites excluding steroid dienone is 1. The second-order valence-corrected chi connectivity index (χ2v) is 6.23. The molecule has 1 heterocycles. The van der Waals surface area contributed by atoms with Crippen molar-refractivity contribution in [2.75, 3.05) is 7.11 Å². The maximum absolute atomic E-state index is 12.5. The zero-order chi connectivity index (χ0) is 18.0. The zero-order valence-corrected chi connectivity index (χ0v) is 15.3. The average Bonchev–Trinajstić information content (AvgIpc) is 2.90. The van der Waals surface area contributed by atoms with Crippen LogP contribution >= 0.6 is 15.9 Å². The summed E-state index contributed by atoms with van der Waals surface area (Å²) < 4.78 is 17.0. The first-order valence-electron chi connectivity index (χ1n) is 7.64. The van der Waals surface area contributed by atoms with Gasteiger partial charge in [-0.15, -0.1) is 0 Å². The first kappa shape index (κ1) is 17.2. The highest BCUT2D eigenvalue weighted by Crippen LogP contribution is 2.36. The molecule has 0 bridgehead atoms. The number of hydrogen-bond donors (Lipinski definition) is 0. The third-order valence-electron chi connectivity index (χ3n) is 3.64. The van der Waals surface area contributed by atoms with E-state index >= 15 is 0 Å². The van der Waals surface area contributed by atoms with E-state index in [1.54, 1.807) is 44.4 Å². The first-order chi connectivity index (χ1) is 12.0. The molecule has 0 aromatic heterocycles. The summed E-state index contributed by atoms with van der Waals surface area (Å²) in [6.07, 6.45) is 1.90. The Hall–Kier alpha value is -2.60. The predicted octanol–water partition coefficient (Wildman–Crippen LogP) is 4.39. The fraction of sp³-hybridized carbons (Fsp3) is 0.158. The highest BCUT2D eigenvalue weighted by atomic mass is 79.9. The second kappa shape index (κ2) is 7.11. The van der Waals surface area contributed by atoms with Gasteiger partial charge in [-0.05, 0) is 36.4 Å². The van der Waals surface area contributed by atoms with E-state index in [4.69, 9.17) is 14.2 Å². The van der Waals surface area contributed by atoms with E-state index in [0.29, 0.717) is 28.4 Å². The van der Waals surface area contributed by atoms with Gasteiger partial charge in [0.1, 0.15) is 17.2 Å². The third-order valence-corrected chi connectivity index (χ3v) is 4.13. The molecule has 0 fully saturated rings. The lowest BCUT2D eigenvalue weighted by Gasteiger charge is -2.06. The number of rotatable bonds is 4. The second-order valence-electron chi connectivity index (χ2n) is 5.31. The van der Waals surface area contributed by atoms with Crippen LogP contribution in [-0.2, 0) is 4.79 Å². The maximum Gasteiger partial charge on any atom is 0.310 e. The smallest absolute Gasteiger partial charge is 0.310 e. The number of Topliss-reactive ketones (excluding diaryl/α,β-unsaturated/α-hetero) is 1. The van der Waals surface area contributed by atoms with Crippen molar-refractivity contribution < 1.29 is 23.8 Å². The molecule has 0 radical (unpaired) electrons. The van der Waals surface area contributed by atoms with Crippen LogP contribution in [-0.4, -0.2) is 18.9 Å². The number of fused-ring (bicyclic) bond motifs is 1. The standard InChI is InChI=1S/C19H15BrO5/c1-3-18(21)24-13-5-6-14-16(10-13)25-17(19(14)22)9-11-8-12(20)4-7-15(11)23-2/h4-10H,3H2,1-2H3/b17-9+. The van der Waals surface area contributed by atoms with Crippen LogP contribution < -0.4 is 14.2 Å². The van der Waals surface area contributed by atoms with E-state index in [1.165, 1.54) is 0 Å². The summed E-state index contributed by atoms with van der Waals surface area (Å²) in [6.45, 7) is 1.71. The Morgan fingerprint density at radius 1 is 1.24 bits per heavy atom. The molecule has 1 aliphatic rings. The van der Waals surface area contributed by atoms with E-state index in [2.05, 4.69) is 15.9 Å². The molecule has 0 N–H and O–H groups in total. The van der Waals surface area contributed by atoms with Gasteiger partial charge in [0, 0.05) is 22.5 Å². The number of esters is 1. The number of halogens is 1. The minimum atomic E-state index is -0.348. The van der Waals surface area contributed by atoms with Crippen molar-refractivity contribution >= 4 is 33.8 Å². The quantitative estimate of drug-likeness (QED) is 0.431. The predicted molar refractivity (Wildman–Crippen MR) is 96.0 cm³/mol.